The first-order valence-corrected chi connectivity index (χ1v) is 13.5. The van der Waals surface area contributed by atoms with Crippen molar-refractivity contribution in [2.45, 2.75) is 94.9 Å². The van der Waals surface area contributed by atoms with Crippen molar-refractivity contribution in [3.8, 4) is 0 Å². The van der Waals surface area contributed by atoms with Crippen molar-refractivity contribution in [2.24, 2.45) is 27.6 Å². The molecule has 0 aliphatic heterocycles. The minimum absolute atomic E-state index is 0.0104. The van der Waals surface area contributed by atoms with Crippen LogP contribution in [0.2, 0.25) is 0 Å². The molecule has 0 radical (unpaired) electrons. The number of hydrogen-bond donors (Lipinski definition) is 0. The van der Waals surface area contributed by atoms with Crippen molar-refractivity contribution in [1.82, 2.24) is 0 Å². The molecule has 0 saturated heterocycles. The Balaban J connectivity index is 3.23. The number of hydrogen-bond acceptors (Lipinski definition) is 3. The molecule has 0 amide bonds. The van der Waals surface area contributed by atoms with Crippen molar-refractivity contribution in [3.05, 3.63) is 35.9 Å². The third kappa shape index (κ3) is 8.43. The second-order valence-electron chi connectivity index (χ2n) is 12.8. The van der Waals surface area contributed by atoms with Crippen molar-refractivity contribution in [2.75, 3.05) is 18.1 Å². The summed E-state index contributed by atoms with van der Waals surface area (Å²) in [5.41, 5.74) is 1.39. The standard InChI is InChI=1S/C29H50O2S/c1-12-32-19-18-31-25(30)24(27(5,6)7)21-28(8,9)29(10,11)23(20-26(2,3)4)22-16-14-13-15-17-22/h13-17,23-24H,12,18-21H2,1-11H3. The van der Waals surface area contributed by atoms with Gasteiger partial charge in [-0.15, -0.1) is 0 Å². The van der Waals surface area contributed by atoms with Crippen molar-refractivity contribution in [3.63, 3.8) is 0 Å². The van der Waals surface area contributed by atoms with E-state index in [1.807, 2.05) is 11.8 Å². The fraction of sp³-hybridized carbons (Fsp3) is 0.759. The van der Waals surface area contributed by atoms with Gasteiger partial charge >= 0.3 is 5.97 Å². The summed E-state index contributed by atoms with van der Waals surface area (Å²) in [5, 5.41) is 0. The maximum atomic E-state index is 13.2. The molecule has 2 unspecified atom stereocenters. The number of carbonyl (C=O) groups excluding carboxylic acids is 1. The highest BCUT2D eigenvalue weighted by Crippen LogP contribution is 2.56. The second kappa shape index (κ2) is 11.4. The van der Waals surface area contributed by atoms with Gasteiger partial charge in [-0.05, 0) is 51.7 Å². The Morgan fingerprint density at radius 2 is 1.47 bits per heavy atom. The maximum absolute atomic E-state index is 13.2. The molecule has 0 spiro atoms. The van der Waals surface area contributed by atoms with E-state index in [9.17, 15) is 4.79 Å². The van der Waals surface area contributed by atoms with E-state index < -0.39 is 0 Å². The van der Waals surface area contributed by atoms with Gasteiger partial charge in [0.15, 0.2) is 0 Å². The fourth-order valence-corrected chi connectivity index (χ4v) is 5.01. The highest BCUT2D eigenvalue weighted by atomic mass is 32.2. The molecule has 0 N–H and O–H groups in total. The summed E-state index contributed by atoms with van der Waals surface area (Å²) in [5.74, 6) is 2.15. The number of esters is 1. The zero-order valence-electron chi connectivity index (χ0n) is 22.8. The molecule has 0 heterocycles. The van der Waals surface area contributed by atoms with Crippen LogP contribution in [0.3, 0.4) is 0 Å². The monoisotopic (exact) mass is 462 g/mol. The minimum atomic E-state index is -0.144. The highest BCUT2D eigenvalue weighted by molar-refractivity contribution is 7.99. The summed E-state index contributed by atoms with van der Waals surface area (Å²) in [4.78, 5) is 13.2. The van der Waals surface area contributed by atoms with Crippen LogP contribution in [0.1, 0.15) is 100 Å². The molecule has 2 atom stereocenters. The molecule has 0 saturated carbocycles. The molecular formula is C29H50O2S. The SMILES string of the molecule is CCSCCOC(=O)C(CC(C)(C)C(C)(C)C(CC(C)(C)C)c1ccccc1)C(C)(C)C. The van der Waals surface area contributed by atoms with Gasteiger partial charge < -0.3 is 4.74 Å². The van der Waals surface area contributed by atoms with E-state index in [0.717, 1.165) is 24.3 Å². The molecule has 0 aliphatic rings. The maximum Gasteiger partial charge on any atom is 0.309 e. The van der Waals surface area contributed by atoms with Crippen LogP contribution in [0.25, 0.3) is 0 Å². The molecule has 0 bridgehead atoms. The van der Waals surface area contributed by atoms with Gasteiger partial charge in [0.2, 0.25) is 0 Å². The molecule has 0 aliphatic carbocycles. The average Bonchev–Trinajstić information content (AvgIpc) is 2.66. The Hall–Kier alpha value is -0.960. The number of benzene rings is 1. The third-order valence-corrected chi connectivity index (χ3v) is 8.22. The van der Waals surface area contributed by atoms with E-state index in [0.29, 0.717) is 12.5 Å². The van der Waals surface area contributed by atoms with Crippen molar-refractivity contribution in [1.29, 1.82) is 0 Å². The van der Waals surface area contributed by atoms with E-state index in [1.54, 1.807) is 0 Å². The van der Waals surface area contributed by atoms with Crippen LogP contribution in [0.4, 0.5) is 0 Å². The van der Waals surface area contributed by atoms with Gasteiger partial charge in [-0.1, -0.05) is 106 Å². The third-order valence-electron chi connectivity index (χ3n) is 7.35. The van der Waals surface area contributed by atoms with Crippen molar-refractivity contribution < 1.29 is 9.53 Å². The van der Waals surface area contributed by atoms with Crippen molar-refractivity contribution >= 4 is 17.7 Å². The van der Waals surface area contributed by atoms with Crippen LogP contribution in [-0.4, -0.2) is 24.1 Å². The molecule has 0 aromatic heterocycles. The Morgan fingerprint density at radius 3 is 1.94 bits per heavy atom. The Kier molecular flexibility index (Phi) is 10.4. The molecule has 0 fully saturated rings. The molecule has 1 aromatic rings. The summed E-state index contributed by atoms with van der Waals surface area (Å²) in [6.45, 7) is 25.7. The van der Waals surface area contributed by atoms with Crippen LogP contribution >= 0.6 is 11.8 Å². The van der Waals surface area contributed by atoms with Crippen LogP contribution < -0.4 is 0 Å². The summed E-state index contributed by atoms with van der Waals surface area (Å²) in [7, 11) is 0. The Morgan fingerprint density at radius 1 is 0.906 bits per heavy atom. The van der Waals surface area contributed by atoms with Gasteiger partial charge in [-0.25, -0.2) is 0 Å². The molecular weight excluding hydrogens is 412 g/mol. The average molecular weight is 463 g/mol. The van der Waals surface area contributed by atoms with Gasteiger partial charge in [-0.2, -0.15) is 11.8 Å². The zero-order valence-corrected chi connectivity index (χ0v) is 23.6. The first-order chi connectivity index (χ1) is 14.5. The van der Waals surface area contributed by atoms with Crippen LogP contribution in [0.5, 0.6) is 0 Å². The van der Waals surface area contributed by atoms with E-state index >= 15 is 0 Å². The zero-order chi connectivity index (χ0) is 24.8. The van der Waals surface area contributed by atoms with Gasteiger partial charge in [0.25, 0.3) is 0 Å². The summed E-state index contributed by atoms with van der Waals surface area (Å²) < 4.78 is 5.76. The van der Waals surface area contributed by atoms with E-state index in [1.165, 1.54) is 5.56 Å². The molecule has 184 valence electrons. The lowest BCUT2D eigenvalue weighted by Gasteiger charge is -2.51. The van der Waals surface area contributed by atoms with Crippen LogP contribution in [0, 0.1) is 27.6 Å². The smallest absolute Gasteiger partial charge is 0.309 e. The summed E-state index contributed by atoms with van der Waals surface area (Å²) >= 11 is 1.82. The normalized spacial score (nSPS) is 15.3. The number of ether oxygens (including phenoxy) is 1. The number of carbonyl (C=O) groups is 1. The Labute approximate surface area is 203 Å². The van der Waals surface area contributed by atoms with Crippen LogP contribution in [-0.2, 0) is 9.53 Å². The van der Waals surface area contributed by atoms with E-state index in [-0.39, 0.29) is 33.5 Å². The number of rotatable bonds is 11. The quantitative estimate of drug-likeness (QED) is 0.243. The summed E-state index contributed by atoms with van der Waals surface area (Å²) in [6, 6.07) is 10.9. The lowest BCUT2D eigenvalue weighted by Crippen LogP contribution is -2.44. The predicted molar refractivity (Wildman–Crippen MR) is 142 cm³/mol. The van der Waals surface area contributed by atoms with Gasteiger partial charge in [-0.3, -0.25) is 4.79 Å². The van der Waals surface area contributed by atoms with Gasteiger partial charge in [0.1, 0.15) is 6.61 Å². The first kappa shape index (κ1) is 29.1. The Bertz CT molecular complexity index is 692. The number of thioether (sulfide) groups is 1. The van der Waals surface area contributed by atoms with Gasteiger partial charge in [0, 0.05) is 5.75 Å². The highest BCUT2D eigenvalue weighted by Gasteiger charge is 2.48. The van der Waals surface area contributed by atoms with E-state index in [4.69, 9.17) is 4.74 Å². The second-order valence-corrected chi connectivity index (χ2v) is 14.2. The lowest BCUT2D eigenvalue weighted by atomic mass is 9.53. The van der Waals surface area contributed by atoms with Crippen LogP contribution in [0.15, 0.2) is 30.3 Å². The lowest BCUT2D eigenvalue weighted by molar-refractivity contribution is -0.154. The molecule has 1 rings (SSSR count). The summed E-state index contributed by atoms with van der Waals surface area (Å²) in [6.07, 6.45) is 1.92. The van der Waals surface area contributed by atoms with E-state index in [2.05, 4.69) is 106 Å². The largest absolute Gasteiger partial charge is 0.465 e. The minimum Gasteiger partial charge on any atom is -0.465 e. The predicted octanol–water partition coefficient (Wildman–Crippen LogP) is 8.61. The fourth-order valence-electron chi connectivity index (χ4n) is 4.52. The molecule has 32 heavy (non-hydrogen) atoms. The first-order valence-electron chi connectivity index (χ1n) is 12.3. The topological polar surface area (TPSA) is 26.3 Å². The molecule has 1 aromatic carbocycles. The van der Waals surface area contributed by atoms with Gasteiger partial charge in [0.05, 0.1) is 5.92 Å². The molecule has 3 heteroatoms. The molecule has 2 nitrogen and oxygen atoms in total.